The van der Waals surface area contributed by atoms with Crippen LogP contribution in [0, 0.1) is 0 Å². The Hall–Kier alpha value is -7.16. The lowest BCUT2D eigenvalue weighted by Gasteiger charge is -2.27. The standard InChI is InChI=1S/C52H36N2/c1-3-14-37(15-4-1)41-34-42(48-23-13-17-40-16-7-8-20-47(40)48)36-46(35-41)53(43-18-5-2-6-19-43)44-30-26-38(27-31-44)39-28-32-45(33-29-39)54-51-24-11-9-21-49(51)50-22-10-12-25-52(50)54/h1-36H. The minimum absolute atomic E-state index is 1.10. The molecule has 0 saturated heterocycles. The summed E-state index contributed by atoms with van der Waals surface area (Å²) in [5, 5.41) is 5.03. The van der Waals surface area contributed by atoms with Crippen LogP contribution in [-0.4, -0.2) is 4.57 Å². The zero-order valence-corrected chi connectivity index (χ0v) is 29.7. The van der Waals surface area contributed by atoms with Crippen molar-refractivity contribution in [3.05, 3.63) is 218 Å². The van der Waals surface area contributed by atoms with E-state index in [1.165, 1.54) is 66.0 Å². The van der Waals surface area contributed by atoms with Gasteiger partial charge in [0.15, 0.2) is 0 Å². The van der Waals surface area contributed by atoms with E-state index in [1.807, 2.05) is 0 Å². The van der Waals surface area contributed by atoms with Gasteiger partial charge in [0.1, 0.15) is 0 Å². The second kappa shape index (κ2) is 13.4. The summed E-state index contributed by atoms with van der Waals surface area (Å²) in [6.07, 6.45) is 0. The molecule has 0 aliphatic heterocycles. The summed E-state index contributed by atoms with van der Waals surface area (Å²) in [6.45, 7) is 0. The van der Waals surface area contributed by atoms with Gasteiger partial charge in [0.25, 0.3) is 0 Å². The average molecular weight is 689 g/mol. The van der Waals surface area contributed by atoms with Crippen LogP contribution in [0.2, 0.25) is 0 Å². The van der Waals surface area contributed by atoms with Gasteiger partial charge in [0.2, 0.25) is 0 Å². The molecule has 54 heavy (non-hydrogen) atoms. The van der Waals surface area contributed by atoms with E-state index in [0.717, 1.165) is 22.7 Å². The first-order valence-corrected chi connectivity index (χ1v) is 18.5. The maximum atomic E-state index is 2.37. The lowest BCUT2D eigenvalue weighted by atomic mass is 9.94. The quantitative estimate of drug-likeness (QED) is 0.162. The number of hydrogen-bond acceptors (Lipinski definition) is 1. The fourth-order valence-corrected chi connectivity index (χ4v) is 8.00. The number of benzene rings is 9. The minimum atomic E-state index is 1.10. The van der Waals surface area contributed by atoms with E-state index in [4.69, 9.17) is 0 Å². The predicted molar refractivity (Wildman–Crippen MR) is 229 cm³/mol. The maximum absolute atomic E-state index is 2.37. The number of fused-ring (bicyclic) bond motifs is 4. The third kappa shape index (κ3) is 5.62. The Balaban J connectivity index is 1.06. The van der Waals surface area contributed by atoms with Crippen LogP contribution in [0.5, 0.6) is 0 Å². The highest BCUT2D eigenvalue weighted by molar-refractivity contribution is 6.09. The Morgan fingerprint density at radius 2 is 0.796 bits per heavy atom. The summed E-state index contributed by atoms with van der Waals surface area (Å²) in [5.41, 5.74) is 14.0. The Morgan fingerprint density at radius 1 is 0.296 bits per heavy atom. The van der Waals surface area contributed by atoms with Crippen molar-refractivity contribution in [1.82, 2.24) is 4.57 Å². The third-order valence-electron chi connectivity index (χ3n) is 10.6. The van der Waals surface area contributed by atoms with Crippen molar-refractivity contribution >= 4 is 49.6 Å². The summed E-state index contributed by atoms with van der Waals surface area (Å²) in [6, 6.07) is 78.9. The Morgan fingerprint density at radius 3 is 1.48 bits per heavy atom. The number of anilines is 3. The summed E-state index contributed by atoms with van der Waals surface area (Å²) in [4.78, 5) is 2.37. The van der Waals surface area contributed by atoms with E-state index in [1.54, 1.807) is 0 Å². The van der Waals surface area contributed by atoms with Crippen molar-refractivity contribution < 1.29 is 0 Å². The first kappa shape index (κ1) is 31.6. The summed E-state index contributed by atoms with van der Waals surface area (Å²) < 4.78 is 2.37. The van der Waals surface area contributed by atoms with Gasteiger partial charge in [-0.3, -0.25) is 0 Å². The van der Waals surface area contributed by atoms with Crippen LogP contribution in [0.1, 0.15) is 0 Å². The van der Waals surface area contributed by atoms with Crippen LogP contribution in [-0.2, 0) is 0 Å². The number of nitrogens with zero attached hydrogens (tertiary/aromatic N) is 2. The molecule has 0 spiro atoms. The van der Waals surface area contributed by atoms with Gasteiger partial charge in [-0.2, -0.15) is 0 Å². The molecule has 0 fully saturated rings. The zero-order chi connectivity index (χ0) is 35.8. The van der Waals surface area contributed by atoms with Crippen molar-refractivity contribution in [3.8, 4) is 39.1 Å². The number of para-hydroxylation sites is 3. The monoisotopic (exact) mass is 688 g/mol. The molecule has 0 bridgehead atoms. The molecule has 0 amide bonds. The highest BCUT2D eigenvalue weighted by Crippen LogP contribution is 2.41. The van der Waals surface area contributed by atoms with Crippen molar-refractivity contribution in [2.24, 2.45) is 0 Å². The molecule has 9 aromatic carbocycles. The third-order valence-corrected chi connectivity index (χ3v) is 10.6. The average Bonchev–Trinajstić information content (AvgIpc) is 3.59. The summed E-state index contributed by atoms with van der Waals surface area (Å²) >= 11 is 0. The highest BCUT2D eigenvalue weighted by Gasteiger charge is 2.17. The van der Waals surface area contributed by atoms with Crippen LogP contribution in [0.3, 0.4) is 0 Å². The Bertz CT molecular complexity index is 2850. The van der Waals surface area contributed by atoms with Crippen LogP contribution in [0.25, 0.3) is 71.6 Å². The van der Waals surface area contributed by atoms with E-state index >= 15 is 0 Å². The fraction of sp³-hybridized carbons (Fsp3) is 0. The number of aromatic nitrogens is 1. The van der Waals surface area contributed by atoms with E-state index < -0.39 is 0 Å². The van der Waals surface area contributed by atoms with Gasteiger partial charge in [-0.1, -0.05) is 152 Å². The van der Waals surface area contributed by atoms with Crippen LogP contribution < -0.4 is 4.90 Å². The molecule has 1 heterocycles. The smallest absolute Gasteiger partial charge is 0.0541 e. The molecule has 0 aliphatic rings. The summed E-state index contributed by atoms with van der Waals surface area (Å²) in [5.74, 6) is 0. The first-order chi connectivity index (χ1) is 26.8. The van der Waals surface area contributed by atoms with Crippen LogP contribution in [0.15, 0.2) is 218 Å². The molecule has 0 unspecified atom stereocenters. The lowest BCUT2D eigenvalue weighted by Crippen LogP contribution is -2.10. The van der Waals surface area contributed by atoms with Gasteiger partial charge in [0.05, 0.1) is 11.0 Å². The van der Waals surface area contributed by atoms with Gasteiger partial charge in [-0.25, -0.2) is 0 Å². The normalized spacial score (nSPS) is 11.3. The topological polar surface area (TPSA) is 8.17 Å². The molecule has 10 aromatic rings. The van der Waals surface area contributed by atoms with Crippen LogP contribution >= 0.6 is 0 Å². The molecular weight excluding hydrogens is 653 g/mol. The Labute approximate surface area is 315 Å². The predicted octanol–water partition coefficient (Wildman–Crippen LogP) is 14.4. The molecule has 2 heteroatoms. The molecule has 1 aromatic heterocycles. The molecule has 0 atom stereocenters. The van der Waals surface area contributed by atoms with E-state index in [2.05, 4.69) is 228 Å². The second-order valence-corrected chi connectivity index (χ2v) is 13.8. The first-order valence-electron chi connectivity index (χ1n) is 18.5. The lowest BCUT2D eigenvalue weighted by molar-refractivity contribution is 1.18. The maximum Gasteiger partial charge on any atom is 0.0541 e. The van der Waals surface area contributed by atoms with Gasteiger partial charge >= 0.3 is 0 Å². The van der Waals surface area contributed by atoms with E-state index in [-0.39, 0.29) is 0 Å². The molecular formula is C52H36N2. The van der Waals surface area contributed by atoms with Crippen molar-refractivity contribution in [2.45, 2.75) is 0 Å². The van der Waals surface area contributed by atoms with Gasteiger partial charge in [-0.05, 0) is 111 Å². The molecule has 2 nitrogen and oxygen atoms in total. The summed E-state index contributed by atoms with van der Waals surface area (Å²) in [7, 11) is 0. The Kier molecular flexibility index (Phi) is 7.85. The molecule has 0 N–H and O–H groups in total. The van der Waals surface area contributed by atoms with Gasteiger partial charge in [0, 0.05) is 33.5 Å². The molecule has 254 valence electrons. The van der Waals surface area contributed by atoms with Crippen LogP contribution in [0.4, 0.5) is 17.1 Å². The van der Waals surface area contributed by atoms with Crippen molar-refractivity contribution in [3.63, 3.8) is 0 Å². The number of rotatable bonds is 7. The second-order valence-electron chi connectivity index (χ2n) is 13.8. The van der Waals surface area contributed by atoms with Gasteiger partial charge in [-0.15, -0.1) is 0 Å². The zero-order valence-electron chi connectivity index (χ0n) is 29.7. The highest BCUT2D eigenvalue weighted by atomic mass is 15.1. The van der Waals surface area contributed by atoms with Crippen molar-refractivity contribution in [2.75, 3.05) is 4.90 Å². The van der Waals surface area contributed by atoms with E-state index in [9.17, 15) is 0 Å². The fourth-order valence-electron chi connectivity index (χ4n) is 8.00. The van der Waals surface area contributed by atoms with E-state index in [0.29, 0.717) is 0 Å². The molecule has 0 aliphatic carbocycles. The molecule has 0 saturated carbocycles. The number of hydrogen-bond donors (Lipinski definition) is 0. The molecule has 10 rings (SSSR count). The van der Waals surface area contributed by atoms with Crippen molar-refractivity contribution in [1.29, 1.82) is 0 Å². The molecule has 0 radical (unpaired) electrons. The van der Waals surface area contributed by atoms with Gasteiger partial charge < -0.3 is 9.47 Å². The largest absolute Gasteiger partial charge is 0.310 e. The minimum Gasteiger partial charge on any atom is -0.310 e. The SMILES string of the molecule is c1ccc(-c2cc(-c3cccc4ccccc34)cc(N(c3ccccc3)c3ccc(-c4ccc(-n5c6ccccc6c6ccccc65)cc4)cc3)c2)cc1.